The van der Waals surface area contributed by atoms with Crippen molar-refractivity contribution in [1.82, 2.24) is 9.80 Å². The second-order valence-corrected chi connectivity index (χ2v) is 12.7. The molecule has 4 amide bonds. The molecule has 0 spiro atoms. The topological polar surface area (TPSA) is 105 Å². The van der Waals surface area contributed by atoms with Crippen LogP contribution < -0.4 is 10.6 Å². The highest BCUT2D eigenvalue weighted by atomic mass is 35.5. The first-order valence-electron chi connectivity index (χ1n) is 14.8. The van der Waals surface area contributed by atoms with Gasteiger partial charge < -0.3 is 30.6 Å². The van der Waals surface area contributed by atoms with Crippen LogP contribution in [0, 0.1) is 0 Å². The molecular formula is C32H30Cl2F6N4O4. The second-order valence-electron chi connectivity index (χ2n) is 11.9. The minimum atomic E-state index is -4.69. The van der Waals surface area contributed by atoms with E-state index in [9.17, 15) is 46.1 Å². The molecule has 0 aromatic heterocycles. The van der Waals surface area contributed by atoms with E-state index >= 15 is 0 Å². The van der Waals surface area contributed by atoms with Crippen molar-refractivity contribution in [2.75, 3.05) is 36.8 Å². The third kappa shape index (κ3) is 7.77. The Morgan fingerprint density at radius 3 is 1.31 bits per heavy atom. The number of nitrogens with zero attached hydrogens (tertiary/aromatic N) is 2. The fraction of sp³-hybridized carbons (Fsp3) is 0.375. The predicted molar refractivity (Wildman–Crippen MR) is 167 cm³/mol. The van der Waals surface area contributed by atoms with Gasteiger partial charge in [-0.3, -0.25) is 0 Å². The number of hydrogen-bond donors (Lipinski definition) is 4. The number of urea groups is 2. The lowest BCUT2D eigenvalue weighted by atomic mass is 9.84. The number of hydrogen-bond acceptors (Lipinski definition) is 4. The number of rotatable bonds is 4. The molecule has 16 heteroatoms. The molecule has 3 aromatic carbocycles. The third-order valence-electron chi connectivity index (χ3n) is 8.74. The molecule has 5 rings (SSSR count). The van der Waals surface area contributed by atoms with E-state index in [4.69, 9.17) is 23.2 Å². The molecule has 3 aromatic rings. The number of carbonyl (C=O) groups excluding carboxylic acids is 2. The quantitative estimate of drug-likeness (QED) is 0.205. The molecule has 2 saturated heterocycles. The summed E-state index contributed by atoms with van der Waals surface area (Å²) in [5.74, 6) is 0. The summed E-state index contributed by atoms with van der Waals surface area (Å²) in [7, 11) is 0. The van der Waals surface area contributed by atoms with Crippen LogP contribution in [-0.4, -0.2) is 58.3 Å². The van der Waals surface area contributed by atoms with Crippen molar-refractivity contribution in [3.63, 3.8) is 0 Å². The number of piperidine rings is 2. The average molecular weight is 720 g/mol. The lowest BCUT2D eigenvalue weighted by Crippen LogP contribution is -2.47. The highest BCUT2D eigenvalue weighted by Crippen LogP contribution is 2.41. The van der Waals surface area contributed by atoms with E-state index in [1.54, 1.807) is 18.2 Å². The molecule has 2 fully saturated rings. The maximum atomic E-state index is 13.3. The van der Waals surface area contributed by atoms with Crippen molar-refractivity contribution in [3.05, 3.63) is 93.0 Å². The van der Waals surface area contributed by atoms with Gasteiger partial charge in [0.25, 0.3) is 0 Å². The van der Waals surface area contributed by atoms with E-state index in [-0.39, 0.29) is 63.0 Å². The SMILES string of the molecule is O=C(Nc1cccc(NC(=O)N2CCC(O)(c3ccc(Cl)c(C(F)(F)F)c3)CC2)c1)N1CCC(O)(c2ccc(Cl)c(C(F)(F)F)c2)CC1. The largest absolute Gasteiger partial charge is 0.417 e. The Kier molecular flexibility index (Phi) is 9.86. The van der Waals surface area contributed by atoms with Gasteiger partial charge in [-0.2, -0.15) is 26.3 Å². The first-order valence-corrected chi connectivity index (χ1v) is 15.5. The number of aliphatic hydroxyl groups is 2. The van der Waals surface area contributed by atoms with Crippen molar-refractivity contribution >= 4 is 46.6 Å². The summed E-state index contributed by atoms with van der Waals surface area (Å²) in [6, 6.07) is 11.7. The van der Waals surface area contributed by atoms with Crippen molar-refractivity contribution in [3.8, 4) is 0 Å². The summed E-state index contributed by atoms with van der Waals surface area (Å²) in [6.45, 7) is 0.213. The van der Waals surface area contributed by atoms with Gasteiger partial charge in [-0.15, -0.1) is 0 Å². The summed E-state index contributed by atoms with van der Waals surface area (Å²) < 4.78 is 80.0. The van der Waals surface area contributed by atoms with Crippen molar-refractivity contribution in [1.29, 1.82) is 0 Å². The molecule has 0 aliphatic carbocycles. The molecule has 0 radical (unpaired) electrons. The van der Waals surface area contributed by atoms with Crippen LogP contribution in [0.15, 0.2) is 60.7 Å². The van der Waals surface area contributed by atoms with Crippen LogP contribution in [0.2, 0.25) is 10.0 Å². The van der Waals surface area contributed by atoms with Crippen LogP contribution >= 0.6 is 23.2 Å². The number of halogens is 8. The highest BCUT2D eigenvalue weighted by Gasteiger charge is 2.41. The molecule has 2 heterocycles. The predicted octanol–water partition coefficient (Wildman–Crippen LogP) is 8.06. The summed E-state index contributed by atoms with van der Waals surface area (Å²) in [5.41, 5.74) is -4.49. The van der Waals surface area contributed by atoms with Crippen LogP contribution in [0.1, 0.15) is 47.9 Å². The molecule has 0 bridgehead atoms. The molecule has 0 unspecified atom stereocenters. The van der Waals surface area contributed by atoms with Gasteiger partial charge in [-0.25, -0.2) is 9.59 Å². The minimum absolute atomic E-state index is 0.0120. The van der Waals surface area contributed by atoms with Gasteiger partial charge in [0.15, 0.2) is 0 Å². The van der Waals surface area contributed by atoms with E-state index in [2.05, 4.69) is 10.6 Å². The third-order valence-corrected chi connectivity index (χ3v) is 9.40. The zero-order chi connectivity index (χ0) is 35.1. The highest BCUT2D eigenvalue weighted by molar-refractivity contribution is 6.31. The van der Waals surface area contributed by atoms with Gasteiger partial charge in [0.05, 0.1) is 32.4 Å². The summed E-state index contributed by atoms with van der Waals surface area (Å²) in [5, 5.41) is 26.7. The first kappa shape index (κ1) is 35.6. The van der Waals surface area contributed by atoms with E-state index in [1.165, 1.54) is 28.0 Å². The zero-order valence-electron chi connectivity index (χ0n) is 25.1. The normalized spacial score (nSPS) is 18.0. The summed E-state index contributed by atoms with van der Waals surface area (Å²) in [6.07, 6.45) is -9.43. The lowest BCUT2D eigenvalue weighted by Gasteiger charge is -2.39. The maximum absolute atomic E-state index is 13.3. The number of likely N-dealkylation sites (tertiary alicyclic amines) is 2. The fourth-order valence-electron chi connectivity index (χ4n) is 5.88. The molecule has 2 aliphatic heterocycles. The molecule has 8 nitrogen and oxygen atoms in total. The van der Waals surface area contributed by atoms with E-state index in [0.29, 0.717) is 11.4 Å². The molecule has 0 atom stereocenters. The van der Waals surface area contributed by atoms with Gasteiger partial charge in [0.2, 0.25) is 0 Å². The smallest absolute Gasteiger partial charge is 0.385 e. The molecule has 2 aliphatic rings. The number of nitrogens with one attached hydrogen (secondary N) is 2. The second kappa shape index (κ2) is 13.3. The van der Waals surface area contributed by atoms with E-state index in [0.717, 1.165) is 24.3 Å². The Hall–Kier alpha value is -3.72. The van der Waals surface area contributed by atoms with Gasteiger partial charge >= 0.3 is 24.4 Å². The summed E-state index contributed by atoms with van der Waals surface area (Å²) in [4.78, 5) is 28.8. The summed E-state index contributed by atoms with van der Waals surface area (Å²) >= 11 is 11.4. The monoisotopic (exact) mass is 718 g/mol. The maximum Gasteiger partial charge on any atom is 0.417 e. The average Bonchev–Trinajstić information content (AvgIpc) is 3.01. The molecule has 258 valence electrons. The first-order chi connectivity index (χ1) is 22.4. The van der Waals surface area contributed by atoms with Crippen molar-refractivity contribution in [2.24, 2.45) is 0 Å². The van der Waals surface area contributed by atoms with E-state index < -0.39 is 56.8 Å². The Bertz CT molecular complexity index is 1570. The van der Waals surface area contributed by atoms with Gasteiger partial charge in [0, 0.05) is 37.6 Å². The van der Waals surface area contributed by atoms with E-state index in [1.807, 2.05) is 0 Å². The number of carbonyl (C=O) groups is 2. The number of benzene rings is 3. The number of amides is 4. The number of anilines is 2. The van der Waals surface area contributed by atoms with Crippen LogP contribution in [0.25, 0.3) is 0 Å². The Morgan fingerprint density at radius 1 is 0.625 bits per heavy atom. The molecule has 4 N–H and O–H groups in total. The van der Waals surface area contributed by atoms with Crippen LogP contribution in [0.3, 0.4) is 0 Å². The standard InChI is InChI=1S/C32H30Cl2F6N4O4/c33-25-6-4-19(16-23(25)31(35,36)37)29(47)8-12-43(13-9-29)27(45)41-21-2-1-3-22(18-21)42-28(46)44-14-10-30(48,11-15-44)20-5-7-26(34)24(17-20)32(38,39)40/h1-7,16-18,47-48H,8-15H2,(H,41,45)(H,42,46). The van der Waals surface area contributed by atoms with Crippen LogP contribution in [0.5, 0.6) is 0 Å². The Morgan fingerprint density at radius 2 is 0.979 bits per heavy atom. The van der Waals surface area contributed by atoms with Crippen LogP contribution in [0.4, 0.5) is 47.3 Å². The molecule has 0 saturated carbocycles. The Balaban J connectivity index is 1.15. The van der Waals surface area contributed by atoms with Gasteiger partial charge in [-0.05, 0) is 79.3 Å². The Labute approximate surface area is 281 Å². The van der Waals surface area contributed by atoms with Crippen molar-refractivity contribution < 1.29 is 46.1 Å². The number of alkyl halides is 6. The fourth-order valence-corrected chi connectivity index (χ4v) is 6.33. The molecular weight excluding hydrogens is 689 g/mol. The van der Waals surface area contributed by atoms with Crippen LogP contribution in [-0.2, 0) is 23.6 Å². The molecule has 48 heavy (non-hydrogen) atoms. The van der Waals surface area contributed by atoms with Gasteiger partial charge in [-0.1, -0.05) is 41.4 Å². The zero-order valence-corrected chi connectivity index (χ0v) is 26.6. The lowest BCUT2D eigenvalue weighted by molar-refractivity contribution is -0.138. The minimum Gasteiger partial charge on any atom is -0.385 e. The van der Waals surface area contributed by atoms with Gasteiger partial charge in [0.1, 0.15) is 0 Å². The van der Waals surface area contributed by atoms with Crippen molar-refractivity contribution in [2.45, 2.75) is 49.2 Å².